The number of rotatable bonds is 37. The van der Waals surface area contributed by atoms with Gasteiger partial charge in [0.25, 0.3) is 7.82 Å². The van der Waals surface area contributed by atoms with Gasteiger partial charge in [0.15, 0.2) is 6.10 Å². The molecule has 0 spiro atoms. The van der Waals surface area contributed by atoms with Gasteiger partial charge in [-0.3, -0.25) is 14.2 Å². The minimum absolute atomic E-state index is 0.0246. The average Bonchev–Trinajstić information content (AvgIpc) is 3.13. The minimum atomic E-state index is -4.68. The number of hydrogen-bond acceptors (Lipinski definition) is 10. The second kappa shape index (κ2) is 35.8. The highest BCUT2D eigenvalue weighted by molar-refractivity contribution is 7.45. The third-order valence-corrected chi connectivity index (χ3v) is 9.68. The van der Waals surface area contributed by atoms with Crippen molar-refractivity contribution < 1.29 is 52.3 Å². The number of quaternary nitrogens is 1. The number of aliphatic hydroxyl groups excluding tert-OH is 2. The molecule has 0 aromatic heterocycles. The molecular weight excluding hydrogens is 733 g/mol. The third-order valence-electron chi connectivity index (χ3n) is 8.72. The quantitative estimate of drug-likeness (QED) is 0.0155. The Morgan fingerprint density at radius 2 is 1.20 bits per heavy atom. The molecule has 1 unspecified atom stereocenters. The lowest BCUT2D eigenvalue weighted by molar-refractivity contribution is -0.870. The number of esters is 2. The highest BCUT2D eigenvalue weighted by atomic mass is 31.2. The molecule has 0 aromatic carbocycles. The summed E-state index contributed by atoms with van der Waals surface area (Å²) in [6.07, 6.45) is 34.6. The number of carbonyl (C=O) groups is 2. The van der Waals surface area contributed by atoms with Gasteiger partial charge >= 0.3 is 11.9 Å². The van der Waals surface area contributed by atoms with Crippen molar-refractivity contribution in [3.8, 4) is 0 Å². The molecule has 0 amide bonds. The van der Waals surface area contributed by atoms with Crippen LogP contribution in [0.2, 0.25) is 0 Å². The maximum atomic E-state index is 12.6. The number of nitrogens with zero attached hydrogens (tertiary/aromatic N) is 1. The fourth-order valence-electron chi connectivity index (χ4n) is 5.27. The highest BCUT2D eigenvalue weighted by Gasteiger charge is 2.22. The van der Waals surface area contributed by atoms with Crippen molar-refractivity contribution in [2.45, 2.75) is 161 Å². The maximum Gasteiger partial charge on any atom is 0.306 e. The number of allylic oxidation sites excluding steroid dienone is 8. The predicted molar refractivity (Wildman–Crippen MR) is 225 cm³/mol. The zero-order valence-corrected chi connectivity index (χ0v) is 36.4. The van der Waals surface area contributed by atoms with E-state index in [9.17, 15) is 29.3 Å². The first-order valence-electron chi connectivity index (χ1n) is 21.2. The minimum Gasteiger partial charge on any atom is -0.756 e. The van der Waals surface area contributed by atoms with E-state index in [1.54, 1.807) is 18.2 Å². The van der Waals surface area contributed by atoms with Crippen molar-refractivity contribution in [2.75, 3.05) is 47.5 Å². The molecule has 0 saturated carbocycles. The van der Waals surface area contributed by atoms with Crippen molar-refractivity contribution in [3.63, 3.8) is 0 Å². The third kappa shape index (κ3) is 38.5. The van der Waals surface area contributed by atoms with Crippen molar-refractivity contribution in [1.82, 2.24) is 0 Å². The molecule has 0 aromatic rings. The van der Waals surface area contributed by atoms with Crippen LogP contribution in [0.5, 0.6) is 0 Å². The number of phosphoric acid groups is 1. The Morgan fingerprint density at radius 3 is 1.80 bits per heavy atom. The Bertz CT molecular complexity index is 1180. The fraction of sp³-hybridized carbons (Fsp3) is 0.727. The van der Waals surface area contributed by atoms with Gasteiger partial charge in [-0.1, -0.05) is 132 Å². The Kier molecular flexibility index (Phi) is 34.3. The number of unbranched alkanes of at least 4 members (excludes halogenated alkanes) is 11. The highest BCUT2D eigenvalue weighted by Crippen LogP contribution is 2.38. The largest absolute Gasteiger partial charge is 0.756 e. The van der Waals surface area contributed by atoms with Gasteiger partial charge in [-0.25, -0.2) is 0 Å². The molecule has 56 heavy (non-hydrogen) atoms. The van der Waals surface area contributed by atoms with Gasteiger partial charge in [0.1, 0.15) is 19.8 Å². The lowest BCUT2D eigenvalue weighted by Gasteiger charge is -2.28. The number of likely N-dealkylation sites (N-methyl/N-ethyl adjacent to an activating group) is 1. The topological polar surface area (TPSA) is 152 Å². The van der Waals surface area contributed by atoms with Crippen LogP contribution in [0.15, 0.2) is 60.8 Å². The van der Waals surface area contributed by atoms with E-state index in [4.69, 9.17) is 18.5 Å². The predicted octanol–water partition coefficient (Wildman–Crippen LogP) is 8.99. The molecule has 11 nitrogen and oxygen atoms in total. The first-order chi connectivity index (χ1) is 26.8. The Balaban J connectivity index is 4.64. The first-order valence-corrected chi connectivity index (χ1v) is 22.7. The zero-order valence-electron chi connectivity index (χ0n) is 35.5. The van der Waals surface area contributed by atoms with E-state index in [2.05, 4.69) is 26.0 Å². The van der Waals surface area contributed by atoms with Crippen LogP contribution in [0.3, 0.4) is 0 Å². The SMILES string of the molecule is CCCCCC/C=C\CCCCCCCC(=O)O[C@H](COC(=O)CCC[C@@H](O)/C=C/C=C\C/C=C\C=C\[C@@H](O)CCCCC)COP(=O)([O-])OCC[N+](C)(C)C. The summed E-state index contributed by atoms with van der Waals surface area (Å²) < 4.78 is 33.6. The van der Waals surface area contributed by atoms with E-state index in [0.29, 0.717) is 36.7 Å². The van der Waals surface area contributed by atoms with E-state index in [1.165, 1.54) is 25.7 Å². The molecule has 4 atom stereocenters. The van der Waals surface area contributed by atoms with Gasteiger partial charge in [0, 0.05) is 12.8 Å². The summed E-state index contributed by atoms with van der Waals surface area (Å²) in [4.78, 5) is 37.5. The van der Waals surface area contributed by atoms with Crippen molar-refractivity contribution in [2.24, 2.45) is 0 Å². The lowest BCUT2D eigenvalue weighted by atomic mass is 10.1. The van der Waals surface area contributed by atoms with Gasteiger partial charge in [-0.2, -0.15) is 0 Å². The van der Waals surface area contributed by atoms with Gasteiger partial charge < -0.3 is 38.1 Å². The standard InChI is InChI=1S/C44H78NO10P/c1-6-8-10-11-12-13-14-15-16-17-21-24-28-34-44(49)55-42(39-54-56(50,51)53-37-36-45(3,4)5)38-52-43(48)35-29-33-41(47)32-27-23-20-18-19-22-26-31-40(46)30-25-9-7-2/h13-14,19-20,22-23,26-27,31-32,40-42,46-47H,6-12,15-18,21,24-25,28-30,33-39H2,1-5H3/b14-13-,22-19-,23-20-,31-26+,32-27+/t40-,41-,42+/m0/s1. The summed E-state index contributed by atoms with van der Waals surface area (Å²) in [7, 11) is 1.02. The van der Waals surface area contributed by atoms with Crippen LogP contribution in [0.4, 0.5) is 0 Å². The van der Waals surface area contributed by atoms with E-state index in [-0.39, 0.29) is 26.1 Å². The van der Waals surface area contributed by atoms with Crippen molar-refractivity contribution >= 4 is 19.8 Å². The Morgan fingerprint density at radius 1 is 0.661 bits per heavy atom. The molecule has 0 bridgehead atoms. The van der Waals surface area contributed by atoms with E-state index in [1.807, 2.05) is 51.5 Å². The molecule has 0 rings (SSSR count). The summed E-state index contributed by atoms with van der Waals surface area (Å²) in [6, 6.07) is 0. The Labute approximate surface area is 340 Å². The van der Waals surface area contributed by atoms with Crippen LogP contribution in [0.25, 0.3) is 0 Å². The average molecular weight is 812 g/mol. The van der Waals surface area contributed by atoms with Crippen molar-refractivity contribution in [1.29, 1.82) is 0 Å². The van der Waals surface area contributed by atoms with Crippen LogP contribution in [-0.4, -0.2) is 92.5 Å². The maximum absolute atomic E-state index is 12.6. The van der Waals surface area contributed by atoms with Crippen LogP contribution in [0.1, 0.15) is 142 Å². The zero-order chi connectivity index (χ0) is 41.8. The molecule has 0 saturated heterocycles. The molecule has 0 aliphatic heterocycles. The molecule has 0 heterocycles. The van der Waals surface area contributed by atoms with Gasteiger partial charge in [0.05, 0.1) is 40.0 Å². The van der Waals surface area contributed by atoms with E-state index >= 15 is 0 Å². The number of carbonyl (C=O) groups excluding carboxylic acids is 2. The number of ether oxygens (including phenoxy) is 2. The van der Waals surface area contributed by atoms with Crippen LogP contribution in [0, 0.1) is 0 Å². The Hall–Kier alpha value is -2.37. The molecule has 324 valence electrons. The molecule has 0 fully saturated rings. The first kappa shape index (κ1) is 53.6. The van der Waals surface area contributed by atoms with Gasteiger partial charge in [-0.05, 0) is 57.8 Å². The monoisotopic (exact) mass is 812 g/mol. The number of aliphatic hydroxyl groups is 2. The fourth-order valence-corrected chi connectivity index (χ4v) is 6.00. The molecule has 0 radical (unpaired) electrons. The summed E-state index contributed by atoms with van der Waals surface area (Å²) in [5, 5.41) is 20.2. The smallest absolute Gasteiger partial charge is 0.306 e. The summed E-state index contributed by atoms with van der Waals surface area (Å²) in [5.74, 6) is -1.08. The van der Waals surface area contributed by atoms with Crippen LogP contribution >= 0.6 is 7.82 Å². The lowest BCUT2D eigenvalue weighted by Crippen LogP contribution is -2.37. The molecular formula is C44H78NO10P. The molecule has 12 heteroatoms. The van der Waals surface area contributed by atoms with Crippen LogP contribution < -0.4 is 4.89 Å². The number of phosphoric ester groups is 1. The second-order valence-corrected chi connectivity index (χ2v) is 16.8. The molecule has 2 N–H and O–H groups in total. The summed E-state index contributed by atoms with van der Waals surface area (Å²) in [6.45, 7) is 3.81. The van der Waals surface area contributed by atoms with E-state index in [0.717, 1.165) is 64.2 Å². The van der Waals surface area contributed by atoms with E-state index < -0.39 is 44.7 Å². The summed E-state index contributed by atoms with van der Waals surface area (Å²) in [5.41, 5.74) is 0. The molecule has 0 aliphatic rings. The van der Waals surface area contributed by atoms with Crippen LogP contribution in [-0.2, 0) is 32.7 Å². The van der Waals surface area contributed by atoms with Crippen molar-refractivity contribution in [3.05, 3.63) is 60.8 Å². The van der Waals surface area contributed by atoms with Gasteiger partial charge in [0.2, 0.25) is 0 Å². The van der Waals surface area contributed by atoms with Gasteiger partial charge in [-0.15, -0.1) is 0 Å². The second-order valence-electron chi connectivity index (χ2n) is 15.4. The summed E-state index contributed by atoms with van der Waals surface area (Å²) >= 11 is 0. The normalized spacial score (nSPS) is 15.4. The molecule has 0 aliphatic carbocycles. The number of hydrogen-bond donors (Lipinski definition) is 2.